The summed E-state index contributed by atoms with van der Waals surface area (Å²) in [4.78, 5) is 0. The Morgan fingerprint density at radius 2 is 1.48 bits per heavy atom. The van der Waals surface area contributed by atoms with Crippen LogP contribution in [0.1, 0.15) is 30.5 Å². The van der Waals surface area contributed by atoms with Crippen LogP contribution in [-0.2, 0) is 31.8 Å². The fourth-order valence-electron chi connectivity index (χ4n) is 3.45. The van der Waals surface area contributed by atoms with Gasteiger partial charge in [-0.25, -0.2) is 4.39 Å². The number of benzene rings is 2. The summed E-state index contributed by atoms with van der Waals surface area (Å²) >= 11 is 0. The molecule has 0 radical (unpaired) electrons. The molecule has 0 amide bonds. The SMILES string of the molecule is Cc1ccc2c(c1)COB2OCC(C)(C)COB1OCc2cc(F)ccc21. The Balaban J connectivity index is 1.32. The van der Waals surface area contributed by atoms with Crippen LogP contribution in [0, 0.1) is 18.2 Å². The average Bonchev–Trinajstić information content (AvgIpc) is 3.21. The van der Waals surface area contributed by atoms with Gasteiger partial charge in [-0.1, -0.05) is 43.7 Å². The number of halogens is 1. The molecule has 2 aliphatic rings. The van der Waals surface area contributed by atoms with Crippen molar-refractivity contribution in [2.75, 3.05) is 13.2 Å². The highest BCUT2D eigenvalue weighted by Crippen LogP contribution is 2.21. The first-order valence-electron chi connectivity index (χ1n) is 9.25. The molecule has 2 aromatic rings. The molecule has 0 spiro atoms. The molecule has 0 aromatic heterocycles. The Morgan fingerprint density at radius 3 is 2.11 bits per heavy atom. The van der Waals surface area contributed by atoms with Crippen molar-refractivity contribution in [2.45, 2.75) is 34.0 Å². The molecular formula is C20H23B2FO4. The molecule has 4 nitrogen and oxygen atoms in total. The lowest BCUT2D eigenvalue weighted by atomic mass is 9.77. The molecule has 0 N–H and O–H groups in total. The van der Waals surface area contributed by atoms with E-state index in [0.717, 1.165) is 16.5 Å². The fraction of sp³-hybridized carbons (Fsp3) is 0.400. The molecule has 27 heavy (non-hydrogen) atoms. The smallest absolute Gasteiger partial charge is 0.407 e. The minimum atomic E-state index is -0.452. The molecular weight excluding hydrogens is 345 g/mol. The summed E-state index contributed by atoms with van der Waals surface area (Å²) in [5, 5.41) is 0. The van der Waals surface area contributed by atoms with Gasteiger partial charge < -0.3 is 18.6 Å². The molecule has 0 saturated heterocycles. The lowest BCUT2D eigenvalue weighted by Crippen LogP contribution is -2.40. The Labute approximate surface area is 160 Å². The van der Waals surface area contributed by atoms with Crippen molar-refractivity contribution in [3.8, 4) is 0 Å². The molecule has 0 bridgehead atoms. The third-order valence-corrected chi connectivity index (χ3v) is 4.94. The van der Waals surface area contributed by atoms with Crippen molar-refractivity contribution in [1.82, 2.24) is 0 Å². The zero-order chi connectivity index (χ0) is 19.0. The molecule has 140 valence electrons. The molecule has 0 saturated carbocycles. The molecule has 2 heterocycles. The second-order valence-corrected chi connectivity index (χ2v) is 8.12. The van der Waals surface area contributed by atoms with E-state index in [1.54, 1.807) is 6.07 Å². The fourth-order valence-corrected chi connectivity index (χ4v) is 3.45. The van der Waals surface area contributed by atoms with Crippen molar-refractivity contribution >= 4 is 25.2 Å². The van der Waals surface area contributed by atoms with Crippen LogP contribution in [-0.4, -0.2) is 27.5 Å². The van der Waals surface area contributed by atoms with Gasteiger partial charge in [-0.3, -0.25) is 0 Å². The summed E-state index contributed by atoms with van der Waals surface area (Å²) in [6, 6.07) is 11.0. The van der Waals surface area contributed by atoms with Crippen LogP contribution in [0.3, 0.4) is 0 Å². The van der Waals surface area contributed by atoms with Gasteiger partial charge in [0, 0.05) is 18.6 Å². The van der Waals surface area contributed by atoms with E-state index in [1.807, 2.05) is 0 Å². The third kappa shape index (κ3) is 4.11. The van der Waals surface area contributed by atoms with Crippen molar-refractivity contribution in [2.24, 2.45) is 5.41 Å². The van der Waals surface area contributed by atoms with Gasteiger partial charge in [0.15, 0.2) is 0 Å². The quantitative estimate of drug-likeness (QED) is 0.734. The van der Waals surface area contributed by atoms with E-state index in [0.29, 0.717) is 26.4 Å². The van der Waals surface area contributed by atoms with E-state index in [1.165, 1.54) is 23.3 Å². The van der Waals surface area contributed by atoms with Gasteiger partial charge in [-0.2, -0.15) is 0 Å². The highest BCUT2D eigenvalue weighted by atomic mass is 19.1. The maximum absolute atomic E-state index is 13.3. The summed E-state index contributed by atoms with van der Waals surface area (Å²) in [5.41, 5.74) is 5.05. The van der Waals surface area contributed by atoms with E-state index in [-0.39, 0.29) is 18.4 Å². The summed E-state index contributed by atoms with van der Waals surface area (Å²) in [5.74, 6) is -0.251. The first-order chi connectivity index (χ1) is 12.9. The van der Waals surface area contributed by atoms with Crippen LogP contribution in [0.25, 0.3) is 0 Å². The van der Waals surface area contributed by atoms with Gasteiger partial charge in [-0.15, -0.1) is 0 Å². The van der Waals surface area contributed by atoms with Crippen LogP contribution in [0.2, 0.25) is 0 Å². The zero-order valence-corrected chi connectivity index (χ0v) is 16.0. The van der Waals surface area contributed by atoms with Gasteiger partial charge in [0.25, 0.3) is 0 Å². The number of hydrogen-bond donors (Lipinski definition) is 0. The van der Waals surface area contributed by atoms with Crippen molar-refractivity contribution in [3.05, 3.63) is 58.9 Å². The molecule has 7 heteroatoms. The Kier molecular flexibility index (Phi) is 5.12. The summed E-state index contributed by atoms with van der Waals surface area (Å²) in [7, 11) is -0.780. The number of hydrogen-bond acceptors (Lipinski definition) is 4. The van der Waals surface area contributed by atoms with Gasteiger partial charge >= 0.3 is 14.2 Å². The maximum Gasteiger partial charge on any atom is 0.494 e. The first-order valence-corrected chi connectivity index (χ1v) is 9.25. The second kappa shape index (κ2) is 7.40. The predicted octanol–water partition coefficient (Wildman–Crippen LogP) is 2.34. The lowest BCUT2D eigenvalue weighted by molar-refractivity contribution is 0.0789. The van der Waals surface area contributed by atoms with E-state index in [2.05, 4.69) is 39.0 Å². The predicted molar refractivity (Wildman–Crippen MR) is 104 cm³/mol. The molecule has 0 aliphatic carbocycles. The first kappa shape index (κ1) is 18.7. The maximum atomic E-state index is 13.3. The lowest BCUT2D eigenvalue weighted by Gasteiger charge is -2.26. The molecule has 2 aliphatic heterocycles. The Morgan fingerprint density at radius 1 is 0.926 bits per heavy atom. The highest BCUT2D eigenvalue weighted by Gasteiger charge is 2.35. The Hall–Kier alpha value is -1.66. The van der Waals surface area contributed by atoms with Crippen LogP contribution in [0.4, 0.5) is 4.39 Å². The summed E-state index contributed by atoms with van der Waals surface area (Å²) < 4.78 is 36.8. The minimum Gasteiger partial charge on any atom is -0.407 e. The normalized spacial score (nSPS) is 16.0. The van der Waals surface area contributed by atoms with Gasteiger partial charge in [0.1, 0.15) is 5.82 Å². The standard InChI is InChI=1S/C20H23B2FO4/c1-14-4-6-18-15(8-14)10-24-21(18)26-12-20(2,3)13-27-22-19-7-5-17(23)9-16(19)11-25-22/h4-9H,10-13H2,1-3H3. The summed E-state index contributed by atoms with van der Waals surface area (Å²) in [6.45, 7) is 8.15. The van der Waals surface area contributed by atoms with Crippen LogP contribution < -0.4 is 10.9 Å². The minimum absolute atomic E-state index is 0.219. The average molecular weight is 368 g/mol. The number of fused-ring (bicyclic) bond motifs is 2. The second-order valence-electron chi connectivity index (χ2n) is 8.12. The van der Waals surface area contributed by atoms with E-state index >= 15 is 0 Å². The number of aryl methyl sites for hydroxylation is 1. The molecule has 4 rings (SSSR count). The highest BCUT2D eigenvalue weighted by molar-refractivity contribution is 6.63. The molecule has 0 atom stereocenters. The molecule has 0 unspecified atom stereocenters. The largest absolute Gasteiger partial charge is 0.494 e. The van der Waals surface area contributed by atoms with Gasteiger partial charge in [0.2, 0.25) is 0 Å². The van der Waals surface area contributed by atoms with Crippen molar-refractivity contribution in [1.29, 1.82) is 0 Å². The van der Waals surface area contributed by atoms with Crippen LogP contribution in [0.5, 0.6) is 0 Å². The zero-order valence-electron chi connectivity index (χ0n) is 16.0. The molecule has 0 fully saturated rings. The van der Waals surface area contributed by atoms with Gasteiger partial charge in [0.05, 0.1) is 13.2 Å². The van der Waals surface area contributed by atoms with Gasteiger partial charge in [-0.05, 0) is 41.1 Å². The van der Waals surface area contributed by atoms with Crippen molar-refractivity contribution < 1.29 is 23.0 Å². The van der Waals surface area contributed by atoms with Crippen LogP contribution >= 0.6 is 0 Å². The third-order valence-electron chi connectivity index (χ3n) is 4.94. The topological polar surface area (TPSA) is 36.9 Å². The monoisotopic (exact) mass is 368 g/mol. The Bertz CT molecular complexity index is 775. The molecule has 2 aromatic carbocycles. The van der Waals surface area contributed by atoms with Crippen LogP contribution in [0.15, 0.2) is 36.4 Å². The van der Waals surface area contributed by atoms with Crippen molar-refractivity contribution in [3.63, 3.8) is 0 Å². The van der Waals surface area contributed by atoms with E-state index in [9.17, 15) is 4.39 Å². The van der Waals surface area contributed by atoms with E-state index < -0.39 is 7.12 Å². The van der Waals surface area contributed by atoms with E-state index in [4.69, 9.17) is 18.6 Å². The number of rotatable bonds is 6. The summed E-state index contributed by atoms with van der Waals surface area (Å²) in [6.07, 6.45) is 0.